The first-order valence-corrected chi connectivity index (χ1v) is 4.95. The fraction of sp³-hybridized carbons (Fsp3) is 0.429. The van der Waals surface area contributed by atoms with Crippen LogP contribution in [0.1, 0.15) is 5.69 Å². The lowest BCUT2D eigenvalue weighted by molar-refractivity contribution is 0.689. The number of halogens is 1. The van der Waals surface area contributed by atoms with Crippen molar-refractivity contribution in [1.29, 1.82) is 0 Å². The van der Waals surface area contributed by atoms with Crippen LogP contribution in [0.2, 0.25) is 0 Å². The van der Waals surface area contributed by atoms with Gasteiger partial charge in [-0.3, -0.25) is 4.68 Å². The number of thiocarbonyl (C=S) groups is 1. The average molecular weight is 246 g/mol. The number of rotatable bonds is 0. The Morgan fingerprint density at radius 3 is 3.33 bits per heavy atom. The lowest BCUT2D eigenvalue weighted by Crippen LogP contribution is -2.24. The quantitative estimate of drug-likeness (QED) is 0.696. The van der Waals surface area contributed by atoms with Crippen LogP contribution in [0.4, 0.5) is 0 Å². The monoisotopic (exact) mass is 245 g/mol. The van der Waals surface area contributed by atoms with Gasteiger partial charge in [0.25, 0.3) is 0 Å². The third-order valence-electron chi connectivity index (χ3n) is 1.83. The second kappa shape index (κ2) is 3.14. The van der Waals surface area contributed by atoms with Gasteiger partial charge in [-0.1, -0.05) is 12.2 Å². The van der Waals surface area contributed by atoms with Crippen molar-refractivity contribution in [3.8, 4) is 0 Å². The van der Waals surface area contributed by atoms with Gasteiger partial charge in [-0.25, -0.2) is 0 Å². The molecule has 5 heteroatoms. The van der Waals surface area contributed by atoms with E-state index in [2.05, 4.69) is 26.3 Å². The molecule has 1 aromatic rings. The molecule has 3 nitrogen and oxygen atoms in total. The fourth-order valence-electron chi connectivity index (χ4n) is 1.28. The molecule has 2 rings (SSSR count). The van der Waals surface area contributed by atoms with Crippen LogP contribution < -0.4 is 5.32 Å². The first-order valence-electron chi connectivity index (χ1n) is 3.74. The number of fused-ring (bicyclic) bond motifs is 1. The highest BCUT2D eigenvalue weighted by atomic mass is 79.9. The van der Waals surface area contributed by atoms with E-state index in [1.54, 1.807) is 0 Å². The van der Waals surface area contributed by atoms with Crippen molar-refractivity contribution in [3.63, 3.8) is 0 Å². The van der Waals surface area contributed by atoms with E-state index in [1.807, 2.05) is 10.7 Å². The van der Waals surface area contributed by atoms with Crippen molar-refractivity contribution in [1.82, 2.24) is 15.1 Å². The van der Waals surface area contributed by atoms with Crippen LogP contribution in [-0.2, 0) is 13.0 Å². The largest absolute Gasteiger partial charge is 0.378 e. The van der Waals surface area contributed by atoms with Gasteiger partial charge in [0.2, 0.25) is 0 Å². The summed E-state index contributed by atoms with van der Waals surface area (Å²) >= 11 is 8.43. The van der Waals surface area contributed by atoms with Gasteiger partial charge in [0.05, 0.1) is 11.5 Å². The maximum atomic E-state index is 5.09. The van der Waals surface area contributed by atoms with Crippen molar-refractivity contribution in [2.24, 2.45) is 0 Å². The molecule has 1 aromatic heterocycles. The van der Waals surface area contributed by atoms with Crippen molar-refractivity contribution < 1.29 is 0 Å². The van der Waals surface area contributed by atoms with E-state index in [0.29, 0.717) is 6.54 Å². The lowest BCUT2D eigenvalue weighted by atomic mass is 10.3. The summed E-state index contributed by atoms with van der Waals surface area (Å²) in [5.41, 5.74) is 1.23. The zero-order chi connectivity index (χ0) is 8.55. The van der Waals surface area contributed by atoms with E-state index in [9.17, 15) is 0 Å². The van der Waals surface area contributed by atoms with Gasteiger partial charge in [0.15, 0.2) is 0 Å². The van der Waals surface area contributed by atoms with Gasteiger partial charge in [0.1, 0.15) is 4.60 Å². The molecule has 1 N–H and O–H groups in total. The summed E-state index contributed by atoms with van der Waals surface area (Å²) in [6, 6.07) is 2.04. The molecule has 0 bridgehead atoms. The first kappa shape index (κ1) is 8.19. The normalized spacial score (nSPS) is 16.6. The number of hydrogen-bond donors (Lipinski definition) is 1. The Labute approximate surface area is 84.3 Å². The standard InChI is InChI=1S/C7H8BrN3S/c8-6-3-5-1-2-9-7(12)4-11(5)10-6/h3H,1-2,4H2,(H,9,12). The summed E-state index contributed by atoms with van der Waals surface area (Å²) in [6.07, 6.45) is 0.985. The minimum atomic E-state index is 0.705. The van der Waals surface area contributed by atoms with Crippen molar-refractivity contribution >= 4 is 33.1 Å². The zero-order valence-electron chi connectivity index (χ0n) is 6.38. The Bertz CT molecular complexity index is 320. The molecule has 1 aliphatic rings. The maximum Gasteiger partial charge on any atom is 0.128 e. The van der Waals surface area contributed by atoms with Crippen LogP contribution in [0, 0.1) is 0 Å². The molecule has 0 unspecified atom stereocenters. The summed E-state index contributed by atoms with van der Waals surface area (Å²) in [5, 5.41) is 7.42. The molecule has 64 valence electrons. The van der Waals surface area contributed by atoms with E-state index in [4.69, 9.17) is 12.2 Å². The predicted octanol–water partition coefficient (Wildman–Crippen LogP) is 1.12. The van der Waals surface area contributed by atoms with Crippen LogP contribution in [0.15, 0.2) is 10.7 Å². The van der Waals surface area contributed by atoms with E-state index in [1.165, 1.54) is 5.69 Å². The van der Waals surface area contributed by atoms with Gasteiger partial charge in [-0.15, -0.1) is 0 Å². The third-order valence-corrected chi connectivity index (χ3v) is 2.49. The van der Waals surface area contributed by atoms with Crippen molar-refractivity contribution in [2.75, 3.05) is 6.54 Å². The highest BCUT2D eigenvalue weighted by Gasteiger charge is 2.11. The van der Waals surface area contributed by atoms with Gasteiger partial charge in [-0.05, 0) is 22.0 Å². The van der Waals surface area contributed by atoms with Crippen molar-refractivity contribution in [3.05, 3.63) is 16.4 Å². The maximum absolute atomic E-state index is 5.09. The molecule has 0 spiro atoms. The summed E-state index contributed by atoms with van der Waals surface area (Å²) in [7, 11) is 0. The van der Waals surface area contributed by atoms with E-state index >= 15 is 0 Å². The molecule has 0 aliphatic carbocycles. The average Bonchev–Trinajstić information content (AvgIpc) is 2.23. The lowest BCUT2D eigenvalue weighted by Gasteiger charge is -2.00. The Kier molecular flexibility index (Phi) is 2.14. The van der Waals surface area contributed by atoms with Gasteiger partial charge >= 0.3 is 0 Å². The minimum absolute atomic E-state index is 0.705. The summed E-state index contributed by atoms with van der Waals surface area (Å²) in [5.74, 6) is 0. The highest BCUT2D eigenvalue weighted by molar-refractivity contribution is 9.10. The number of aromatic nitrogens is 2. The van der Waals surface area contributed by atoms with E-state index in [0.717, 1.165) is 22.6 Å². The SMILES string of the molecule is S=C1Cn2nc(Br)cc2CCN1. The highest BCUT2D eigenvalue weighted by Crippen LogP contribution is 2.12. The smallest absolute Gasteiger partial charge is 0.128 e. The predicted molar refractivity (Wildman–Crippen MR) is 54.2 cm³/mol. The molecule has 0 saturated heterocycles. The number of nitrogens with one attached hydrogen (secondary N) is 1. The number of hydrogen-bond acceptors (Lipinski definition) is 2. The topological polar surface area (TPSA) is 29.9 Å². The fourth-order valence-corrected chi connectivity index (χ4v) is 1.96. The third kappa shape index (κ3) is 1.51. The zero-order valence-corrected chi connectivity index (χ0v) is 8.78. The van der Waals surface area contributed by atoms with Crippen LogP contribution in [0.3, 0.4) is 0 Å². The van der Waals surface area contributed by atoms with Crippen LogP contribution >= 0.6 is 28.1 Å². The van der Waals surface area contributed by atoms with Crippen molar-refractivity contribution in [2.45, 2.75) is 13.0 Å². The molecule has 0 atom stereocenters. The summed E-state index contributed by atoms with van der Waals surface area (Å²) < 4.78 is 2.83. The molecule has 0 radical (unpaired) electrons. The van der Waals surface area contributed by atoms with Crippen LogP contribution in [0.5, 0.6) is 0 Å². The molecular formula is C7H8BrN3S. The van der Waals surface area contributed by atoms with Gasteiger partial charge < -0.3 is 5.32 Å². The molecule has 0 amide bonds. The first-order chi connectivity index (χ1) is 5.75. The van der Waals surface area contributed by atoms with Crippen LogP contribution in [0.25, 0.3) is 0 Å². The second-order valence-electron chi connectivity index (χ2n) is 2.72. The minimum Gasteiger partial charge on any atom is -0.378 e. The second-order valence-corrected chi connectivity index (χ2v) is 4.02. The Morgan fingerprint density at radius 1 is 1.67 bits per heavy atom. The molecule has 2 heterocycles. The Balaban J connectivity index is 2.36. The molecular weight excluding hydrogens is 238 g/mol. The van der Waals surface area contributed by atoms with Gasteiger partial charge in [0, 0.05) is 18.7 Å². The van der Waals surface area contributed by atoms with E-state index < -0.39 is 0 Å². The van der Waals surface area contributed by atoms with Crippen LogP contribution in [-0.4, -0.2) is 21.3 Å². The molecule has 12 heavy (non-hydrogen) atoms. The number of nitrogens with zero attached hydrogens (tertiary/aromatic N) is 2. The Morgan fingerprint density at radius 2 is 2.50 bits per heavy atom. The molecule has 0 fully saturated rings. The molecule has 0 saturated carbocycles. The molecule has 1 aliphatic heterocycles. The van der Waals surface area contributed by atoms with E-state index in [-0.39, 0.29) is 0 Å². The Hall–Kier alpha value is -0.420. The summed E-state index contributed by atoms with van der Waals surface area (Å²) in [4.78, 5) is 0.865. The van der Waals surface area contributed by atoms with Gasteiger partial charge in [-0.2, -0.15) is 5.10 Å². The molecule has 0 aromatic carbocycles. The summed E-state index contributed by atoms with van der Waals surface area (Å²) in [6.45, 7) is 1.62.